The van der Waals surface area contributed by atoms with Crippen LogP contribution < -0.4 is 16.0 Å². The Labute approximate surface area is 257 Å². The van der Waals surface area contributed by atoms with Crippen LogP contribution in [0.25, 0.3) is 6.08 Å². The highest BCUT2D eigenvalue weighted by Gasteiger charge is 2.19. The van der Waals surface area contributed by atoms with E-state index in [2.05, 4.69) is 16.0 Å². The van der Waals surface area contributed by atoms with Crippen molar-refractivity contribution in [1.82, 2.24) is 5.32 Å². The summed E-state index contributed by atoms with van der Waals surface area (Å²) >= 11 is 7.39. The van der Waals surface area contributed by atoms with Crippen LogP contribution in [0.15, 0.2) is 108 Å². The van der Waals surface area contributed by atoms with Gasteiger partial charge in [0.2, 0.25) is 5.91 Å². The number of aryl methyl sites for hydroxylation is 1. The number of thioether (sulfide) groups is 1. The first-order valence-electron chi connectivity index (χ1n) is 13.1. The fourth-order valence-corrected chi connectivity index (χ4v) is 4.95. The number of carbonyl (C=O) groups excluding carboxylic acids is 3. The lowest BCUT2D eigenvalue weighted by atomic mass is 10.1. The van der Waals surface area contributed by atoms with Crippen molar-refractivity contribution in [1.29, 1.82) is 0 Å². The zero-order chi connectivity index (χ0) is 30.9. The van der Waals surface area contributed by atoms with Crippen LogP contribution in [-0.2, 0) is 9.59 Å². The third-order valence-corrected chi connectivity index (χ3v) is 7.56. The van der Waals surface area contributed by atoms with Crippen molar-refractivity contribution in [3.63, 3.8) is 0 Å². The quantitative estimate of drug-likeness (QED) is 0.0757. The van der Waals surface area contributed by atoms with Crippen molar-refractivity contribution in [2.45, 2.75) is 24.0 Å². The summed E-state index contributed by atoms with van der Waals surface area (Å²) in [5, 5.41) is 19.8. The summed E-state index contributed by atoms with van der Waals surface area (Å²) in [4.78, 5) is 50.7. The number of para-hydroxylation sites is 1. The molecule has 0 fully saturated rings. The fourth-order valence-electron chi connectivity index (χ4n) is 3.91. The summed E-state index contributed by atoms with van der Waals surface area (Å²) in [5.74, 6) is -1.41. The van der Waals surface area contributed by atoms with Crippen LogP contribution in [0, 0.1) is 17.0 Å². The molecule has 218 valence electrons. The lowest BCUT2D eigenvalue weighted by molar-refractivity contribution is -0.385. The van der Waals surface area contributed by atoms with E-state index in [1.165, 1.54) is 36.0 Å². The molecule has 0 spiro atoms. The van der Waals surface area contributed by atoms with E-state index in [4.69, 9.17) is 11.6 Å². The molecule has 0 aliphatic heterocycles. The molecule has 9 nitrogen and oxygen atoms in total. The summed E-state index contributed by atoms with van der Waals surface area (Å²) in [6.45, 7) is 3.66. The Kier molecular flexibility index (Phi) is 10.3. The molecule has 3 amide bonds. The Hall–Kier alpha value is -4.93. The molecule has 1 unspecified atom stereocenters. The molecule has 43 heavy (non-hydrogen) atoms. The summed E-state index contributed by atoms with van der Waals surface area (Å²) in [7, 11) is 0. The van der Waals surface area contributed by atoms with Crippen LogP contribution in [0.2, 0.25) is 5.02 Å². The van der Waals surface area contributed by atoms with E-state index in [0.29, 0.717) is 22.0 Å². The molecule has 0 radical (unpaired) electrons. The number of nitrogens with one attached hydrogen (secondary N) is 3. The first kappa shape index (κ1) is 31.0. The number of nitro groups is 1. The van der Waals surface area contributed by atoms with Gasteiger partial charge in [0, 0.05) is 32.9 Å². The lowest BCUT2D eigenvalue weighted by Gasteiger charge is -2.14. The van der Waals surface area contributed by atoms with E-state index in [9.17, 15) is 24.5 Å². The largest absolute Gasteiger partial charge is 0.325 e. The van der Waals surface area contributed by atoms with Crippen LogP contribution in [-0.4, -0.2) is 27.9 Å². The third-order valence-electron chi connectivity index (χ3n) is 6.21. The Balaban J connectivity index is 1.48. The molecule has 3 N–H and O–H groups in total. The lowest BCUT2D eigenvalue weighted by Crippen LogP contribution is -2.30. The SMILES string of the molecule is Cc1ccc(Cl)cc1NC(=O)C(C)Sc1ccc(NC(=O)/C(=C/c2ccccc2[N+](=O)[O-])NC(=O)c2ccccc2)cc1. The smallest absolute Gasteiger partial charge is 0.276 e. The third kappa shape index (κ3) is 8.54. The number of carbonyl (C=O) groups is 3. The van der Waals surface area contributed by atoms with Gasteiger partial charge >= 0.3 is 0 Å². The number of hydrogen-bond donors (Lipinski definition) is 3. The van der Waals surface area contributed by atoms with Gasteiger partial charge in [-0.3, -0.25) is 24.5 Å². The van der Waals surface area contributed by atoms with Gasteiger partial charge in [-0.1, -0.05) is 48.0 Å². The van der Waals surface area contributed by atoms with E-state index in [0.717, 1.165) is 10.5 Å². The van der Waals surface area contributed by atoms with Gasteiger partial charge in [0.05, 0.1) is 15.7 Å². The predicted octanol–water partition coefficient (Wildman–Crippen LogP) is 7.09. The summed E-state index contributed by atoms with van der Waals surface area (Å²) < 4.78 is 0. The average molecular weight is 615 g/mol. The van der Waals surface area contributed by atoms with E-state index < -0.39 is 22.0 Å². The molecular formula is C32H27ClN4O5S. The molecule has 1 atom stereocenters. The maximum absolute atomic E-state index is 13.3. The monoisotopic (exact) mass is 614 g/mol. The number of rotatable bonds is 10. The topological polar surface area (TPSA) is 130 Å². The summed E-state index contributed by atoms with van der Waals surface area (Å²) in [6, 6.07) is 26.3. The van der Waals surface area contributed by atoms with Gasteiger partial charge < -0.3 is 16.0 Å². The first-order chi connectivity index (χ1) is 20.6. The summed E-state index contributed by atoms with van der Waals surface area (Å²) in [6.07, 6.45) is 1.26. The Bertz CT molecular complexity index is 1690. The second-order valence-corrected chi connectivity index (χ2v) is 11.2. The number of amides is 3. The number of nitrogens with zero attached hydrogens (tertiary/aromatic N) is 1. The van der Waals surface area contributed by atoms with Crippen LogP contribution in [0.4, 0.5) is 17.1 Å². The summed E-state index contributed by atoms with van der Waals surface area (Å²) in [5.41, 5.74) is 2.03. The normalized spacial score (nSPS) is 11.7. The molecule has 4 rings (SSSR count). The molecule has 0 aromatic heterocycles. The predicted molar refractivity (Wildman–Crippen MR) is 170 cm³/mol. The first-order valence-corrected chi connectivity index (χ1v) is 14.3. The van der Waals surface area contributed by atoms with Crippen LogP contribution >= 0.6 is 23.4 Å². The maximum Gasteiger partial charge on any atom is 0.276 e. The Morgan fingerprint density at radius 3 is 2.28 bits per heavy atom. The Morgan fingerprint density at radius 2 is 1.58 bits per heavy atom. The highest BCUT2D eigenvalue weighted by molar-refractivity contribution is 8.00. The molecule has 0 aliphatic carbocycles. The molecule has 0 saturated carbocycles. The van der Waals surface area contributed by atoms with E-state index in [1.54, 1.807) is 79.7 Å². The zero-order valence-corrected chi connectivity index (χ0v) is 24.7. The Morgan fingerprint density at radius 1 is 0.907 bits per heavy atom. The van der Waals surface area contributed by atoms with Crippen molar-refractivity contribution in [3.8, 4) is 0 Å². The maximum atomic E-state index is 13.3. The molecule has 0 bridgehead atoms. The van der Waals surface area contributed by atoms with Gasteiger partial charge in [0.1, 0.15) is 5.70 Å². The minimum Gasteiger partial charge on any atom is -0.325 e. The van der Waals surface area contributed by atoms with Crippen molar-refractivity contribution >= 4 is 64.2 Å². The van der Waals surface area contributed by atoms with Crippen molar-refractivity contribution < 1.29 is 19.3 Å². The number of anilines is 2. The number of benzene rings is 4. The molecule has 0 aliphatic rings. The van der Waals surface area contributed by atoms with E-state index in [-0.39, 0.29) is 22.9 Å². The molecule has 11 heteroatoms. The zero-order valence-electron chi connectivity index (χ0n) is 23.2. The minimum atomic E-state index is -0.674. The van der Waals surface area contributed by atoms with Crippen molar-refractivity contribution in [2.75, 3.05) is 10.6 Å². The van der Waals surface area contributed by atoms with Gasteiger partial charge in [-0.05, 0) is 80.1 Å². The van der Waals surface area contributed by atoms with Gasteiger partial charge in [0.15, 0.2) is 0 Å². The molecule has 4 aromatic rings. The number of nitro benzene ring substituents is 1. The fraction of sp³-hybridized carbons (Fsp3) is 0.0938. The molecule has 0 saturated heterocycles. The second kappa shape index (κ2) is 14.3. The van der Waals surface area contributed by atoms with Crippen LogP contribution in [0.3, 0.4) is 0 Å². The molecule has 0 heterocycles. The van der Waals surface area contributed by atoms with Gasteiger partial charge in [-0.15, -0.1) is 11.8 Å². The van der Waals surface area contributed by atoms with Crippen molar-refractivity contribution in [3.05, 3.63) is 135 Å². The van der Waals surface area contributed by atoms with E-state index in [1.807, 2.05) is 13.0 Å². The van der Waals surface area contributed by atoms with Gasteiger partial charge in [0.25, 0.3) is 17.5 Å². The molecular weight excluding hydrogens is 588 g/mol. The standard InChI is InChI=1S/C32H27ClN4O5S/c1-20-12-13-24(33)19-27(20)35-30(38)21(2)43-26-16-14-25(15-17-26)34-32(40)28(36-31(39)22-8-4-3-5-9-22)18-23-10-6-7-11-29(23)37(41)42/h3-19,21H,1-2H3,(H,34,40)(H,35,38)(H,36,39)/b28-18-. The second-order valence-electron chi connectivity index (χ2n) is 9.38. The highest BCUT2D eigenvalue weighted by Crippen LogP contribution is 2.27. The number of halogens is 1. The van der Waals surface area contributed by atoms with Gasteiger partial charge in [-0.25, -0.2) is 0 Å². The number of hydrogen-bond acceptors (Lipinski definition) is 6. The van der Waals surface area contributed by atoms with Crippen LogP contribution in [0.1, 0.15) is 28.4 Å². The minimum absolute atomic E-state index is 0.151. The van der Waals surface area contributed by atoms with Crippen LogP contribution in [0.5, 0.6) is 0 Å². The van der Waals surface area contributed by atoms with E-state index >= 15 is 0 Å². The van der Waals surface area contributed by atoms with Crippen molar-refractivity contribution in [2.24, 2.45) is 0 Å². The van der Waals surface area contributed by atoms with Gasteiger partial charge in [-0.2, -0.15) is 0 Å². The highest BCUT2D eigenvalue weighted by atomic mass is 35.5. The molecule has 4 aromatic carbocycles. The average Bonchev–Trinajstić information content (AvgIpc) is 3.00.